The van der Waals surface area contributed by atoms with E-state index in [9.17, 15) is 4.39 Å². The highest BCUT2D eigenvalue weighted by Gasteiger charge is 2.34. The summed E-state index contributed by atoms with van der Waals surface area (Å²) >= 11 is 0. The molecular formula is C22H28FN6O+. The number of methoxy groups -OCH3 is 1. The zero-order chi connectivity index (χ0) is 20.9. The predicted octanol–water partition coefficient (Wildman–Crippen LogP) is 1.26. The first kappa shape index (κ1) is 20.4. The van der Waals surface area contributed by atoms with Gasteiger partial charge < -0.3 is 14.5 Å². The number of hydrogen-bond donors (Lipinski definition) is 1. The van der Waals surface area contributed by atoms with Crippen LogP contribution in [0.2, 0.25) is 0 Å². The lowest BCUT2D eigenvalue weighted by molar-refractivity contribution is -0.927. The fraction of sp³-hybridized carbons (Fsp3) is 0.409. The summed E-state index contributed by atoms with van der Waals surface area (Å²) in [7, 11) is 1.68. The van der Waals surface area contributed by atoms with Crippen LogP contribution in [0.4, 0.5) is 10.1 Å². The molecule has 0 unspecified atom stereocenters. The van der Waals surface area contributed by atoms with Gasteiger partial charge in [-0.15, -0.1) is 5.10 Å². The normalized spacial score (nSPS) is 16.0. The number of halogens is 1. The Labute approximate surface area is 176 Å². The minimum absolute atomic E-state index is 0.0489. The number of nitrogens with one attached hydrogen (secondary N) is 1. The van der Waals surface area contributed by atoms with E-state index in [0.29, 0.717) is 13.2 Å². The summed E-state index contributed by atoms with van der Waals surface area (Å²) < 4.78 is 20.4. The van der Waals surface area contributed by atoms with Gasteiger partial charge in [0, 0.05) is 18.4 Å². The summed E-state index contributed by atoms with van der Waals surface area (Å²) in [5.74, 6) is 0.659. The molecule has 4 rings (SSSR count). The van der Waals surface area contributed by atoms with Crippen molar-refractivity contribution in [1.82, 2.24) is 20.2 Å². The molecule has 1 atom stereocenters. The molecule has 0 aliphatic carbocycles. The Morgan fingerprint density at radius 1 is 1.07 bits per heavy atom. The Morgan fingerprint density at radius 2 is 1.77 bits per heavy atom. The average Bonchev–Trinajstić information content (AvgIpc) is 3.23. The molecule has 0 bridgehead atoms. The number of hydrogen-bond acceptors (Lipinski definition) is 5. The first-order valence-electron chi connectivity index (χ1n) is 10.3. The summed E-state index contributed by atoms with van der Waals surface area (Å²) in [4.78, 5) is 3.73. The quantitative estimate of drug-likeness (QED) is 0.634. The van der Waals surface area contributed by atoms with Crippen LogP contribution in [0.3, 0.4) is 0 Å². The predicted molar refractivity (Wildman–Crippen MR) is 112 cm³/mol. The second kappa shape index (κ2) is 9.32. The number of benzene rings is 2. The molecule has 3 aromatic rings. The SMILES string of the molecule is COCCn1nnnc1[C@H](c1ccc(C)cc1)[NH+]1CCN(c2ccc(F)cc2)CC1. The van der Waals surface area contributed by atoms with Gasteiger partial charge in [-0.2, -0.15) is 0 Å². The zero-order valence-electron chi connectivity index (χ0n) is 17.5. The number of ether oxygens (including phenoxy) is 1. The highest BCUT2D eigenvalue weighted by Crippen LogP contribution is 2.20. The summed E-state index contributed by atoms with van der Waals surface area (Å²) in [6.07, 6.45) is 0. The van der Waals surface area contributed by atoms with Crippen LogP contribution in [0, 0.1) is 12.7 Å². The summed E-state index contributed by atoms with van der Waals surface area (Å²) in [6, 6.07) is 15.4. The third kappa shape index (κ3) is 4.49. The summed E-state index contributed by atoms with van der Waals surface area (Å²) in [6.45, 7) is 6.93. The van der Waals surface area contributed by atoms with E-state index < -0.39 is 0 Å². The monoisotopic (exact) mass is 411 g/mol. The molecule has 1 saturated heterocycles. The first-order chi connectivity index (χ1) is 14.7. The molecule has 2 aromatic carbocycles. The van der Waals surface area contributed by atoms with Crippen molar-refractivity contribution in [3.05, 3.63) is 71.3 Å². The molecule has 1 aliphatic rings. The molecule has 1 aliphatic heterocycles. The van der Waals surface area contributed by atoms with Crippen LogP contribution < -0.4 is 9.80 Å². The molecule has 158 valence electrons. The van der Waals surface area contributed by atoms with E-state index in [0.717, 1.165) is 37.7 Å². The van der Waals surface area contributed by atoms with E-state index in [4.69, 9.17) is 4.74 Å². The lowest BCUT2D eigenvalue weighted by Crippen LogP contribution is -3.15. The number of aromatic nitrogens is 4. The van der Waals surface area contributed by atoms with Crippen molar-refractivity contribution >= 4 is 5.69 Å². The van der Waals surface area contributed by atoms with E-state index in [-0.39, 0.29) is 11.9 Å². The van der Waals surface area contributed by atoms with E-state index >= 15 is 0 Å². The average molecular weight is 412 g/mol. The maximum atomic E-state index is 13.3. The second-order valence-corrected chi connectivity index (χ2v) is 7.72. The fourth-order valence-electron chi connectivity index (χ4n) is 4.07. The van der Waals surface area contributed by atoms with Crippen molar-refractivity contribution in [2.45, 2.75) is 19.5 Å². The largest absolute Gasteiger partial charge is 0.383 e. The van der Waals surface area contributed by atoms with E-state index in [1.165, 1.54) is 28.2 Å². The minimum atomic E-state index is -0.203. The molecule has 0 spiro atoms. The molecule has 1 N–H and O–H groups in total. The van der Waals surface area contributed by atoms with E-state index in [1.54, 1.807) is 7.11 Å². The van der Waals surface area contributed by atoms with Gasteiger partial charge in [0.25, 0.3) is 0 Å². The van der Waals surface area contributed by atoms with Crippen molar-refractivity contribution < 1.29 is 14.0 Å². The van der Waals surface area contributed by atoms with Gasteiger partial charge in [0.1, 0.15) is 5.82 Å². The Balaban J connectivity index is 1.57. The van der Waals surface area contributed by atoms with Gasteiger partial charge in [-0.1, -0.05) is 29.8 Å². The lowest BCUT2D eigenvalue weighted by Gasteiger charge is -2.37. The van der Waals surface area contributed by atoms with Crippen molar-refractivity contribution in [1.29, 1.82) is 0 Å². The van der Waals surface area contributed by atoms with Crippen LogP contribution in [0.15, 0.2) is 48.5 Å². The summed E-state index contributed by atoms with van der Waals surface area (Å²) in [5.41, 5.74) is 3.50. The highest BCUT2D eigenvalue weighted by atomic mass is 19.1. The highest BCUT2D eigenvalue weighted by molar-refractivity contribution is 5.46. The molecule has 0 saturated carbocycles. The van der Waals surface area contributed by atoms with Crippen LogP contribution >= 0.6 is 0 Å². The molecule has 0 radical (unpaired) electrons. The number of aryl methyl sites for hydroxylation is 1. The summed E-state index contributed by atoms with van der Waals surface area (Å²) in [5, 5.41) is 12.6. The van der Waals surface area contributed by atoms with Crippen molar-refractivity contribution in [2.75, 3.05) is 44.8 Å². The molecule has 7 nitrogen and oxygen atoms in total. The van der Waals surface area contributed by atoms with E-state index in [2.05, 4.69) is 51.6 Å². The molecule has 8 heteroatoms. The smallest absolute Gasteiger partial charge is 0.214 e. The molecule has 30 heavy (non-hydrogen) atoms. The van der Waals surface area contributed by atoms with Crippen LogP contribution in [-0.2, 0) is 11.3 Å². The number of piperazine rings is 1. The third-order valence-electron chi connectivity index (χ3n) is 5.74. The second-order valence-electron chi connectivity index (χ2n) is 7.72. The van der Waals surface area contributed by atoms with Gasteiger partial charge in [-0.05, 0) is 41.6 Å². The van der Waals surface area contributed by atoms with Crippen LogP contribution in [0.25, 0.3) is 0 Å². The molecule has 1 fully saturated rings. The number of nitrogens with zero attached hydrogens (tertiary/aromatic N) is 5. The van der Waals surface area contributed by atoms with Gasteiger partial charge in [0.15, 0.2) is 6.04 Å². The van der Waals surface area contributed by atoms with Crippen LogP contribution in [0.5, 0.6) is 0 Å². The Bertz CT molecular complexity index is 935. The first-order valence-corrected chi connectivity index (χ1v) is 10.3. The lowest BCUT2D eigenvalue weighted by atomic mass is 10.0. The third-order valence-corrected chi connectivity index (χ3v) is 5.74. The van der Waals surface area contributed by atoms with Crippen molar-refractivity contribution in [3.8, 4) is 0 Å². The van der Waals surface area contributed by atoms with Crippen LogP contribution in [0.1, 0.15) is 23.0 Å². The number of rotatable bonds is 7. The van der Waals surface area contributed by atoms with Crippen LogP contribution in [-0.4, -0.2) is 60.1 Å². The zero-order valence-corrected chi connectivity index (χ0v) is 17.5. The number of quaternary nitrogens is 1. The molecule has 1 aromatic heterocycles. The molecule has 0 amide bonds. The van der Waals surface area contributed by atoms with Gasteiger partial charge in [-0.3, -0.25) is 0 Å². The van der Waals surface area contributed by atoms with Gasteiger partial charge >= 0.3 is 0 Å². The number of tetrazole rings is 1. The Morgan fingerprint density at radius 3 is 2.43 bits per heavy atom. The standard InChI is InChI=1S/C22H27FN6O/c1-17-3-5-18(6-4-17)21(22-24-25-26-29(22)15-16-30-2)28-13-11-27(12-14-28)20-9-7-19(23)8-10-20/h3-10,21H,11-16H2,1-2H3/p+1/t21-/m0/s1. The minimum Gasteiger partial charge on any atom is -0.383 e. The van der Waals surface area contributed by atoms with Crippen molar-refractivity contribution in [2.24, 2.45) is 0 Å². The van der Waals surface area contributed by atoms with Gasteiger partial charge in [0.2, 0.25) is 5.82 Å². The molecular weight excluding hydrogens is 383 g/mol. The number of anilines is 1. The van der Waals surface area contributed by atoms with Gasteiger partial charge in [0.05, 0.1) is 39.3 Å². The Kier molecular flexibility index (Phi) is 6.35. The molecule has 2 heterocycles. The maximum Gasteiger partial charge on any atom is 0.214 e. The van der Waals surface area contributed by atoms with Gasteiger partial charge in [-0.25, -0.2) is 9.07 Å². The topological polar surface area (TPSA) is 60.5 Å². The van der Waals surface area contributed by atoms with E-state index in [1.807, 2.05) is 16.8 Å². The van der Waals surface area contributed by atoms with Crippen molar-refractivity contribution in [3.63, 3.8) is 0 Å². The Hall–Kier alpha value is -2.84. The fourth-order valence-corrected chi connectivity index (χ4v) is 4.07. The maximum absolute atomic E-state index is 13.3.